The Kier molecular flexibility index (Phi) is 15.9. The molecule has 0 radical (unpaired) electrons. The Morgan fingerprint density at radius 1 is 0.912 bits per heavy atom. The summed E-state index contributed by atoms with van der Waals surface area (Å²) in [6, 6.07) is -4.68. The Balaban J connectivity index is 5.53. The molecule has 0 aliphatic rings. The second-order valence-corrected chi connectivity index (χ2v) is 9.09. The summed E-state index contributed by atoms with van der Waals surface area (Å²) >= 11 is 1.49. The van der Waals surface area contributed by atoms with Crippen LogP contribution in [0.5, 0.6) is 0 Å². The SMILES string of the molecule is CCC(C)C(NC(=O)C(CCCCN)NC(=O)C(CC(=O)O)NC(=O)C(N)CCSC)C(=O)O. The number of carboxylic acid groups (broad SMARTS) is 2. The molecule has 0 saturated heterocycles. The highest BCUT2D eigenvalue weighted by atomic mass is 32.2. The third kappa shape index (κ3) is 12.2. The quantitative estimate of drug-likeness (QED) is 0.116. The fraction of sp³-hybridized carbons (Fsp3) is 0.762. The van der Waals surface area contributed by atoms with Gasteiger partial charge in [0.25, 0.3) is 0 Å². The highest BCUT2D eigenvalue weighted by molar-refractivity contribution is 7.98. The van der Waals surface area contributed by atoms with Crippen LogP contribution in [0, 0.1) is 5.92 Å². The molecule has 0 aromatic carbocycles. The smallest absolute Gasteiger partial charge is 0.326 e. The summed E-state index contributed by atoms with van der Waals surface area (Å²) in [6.45, 7) is 3.83. The molecule has 0 bridgehead atoms. The van der Waals surface area contributed by atoms with E-state index in [2.05, 4.69) is 16.0 Å². The Morgan fingerprint density at radius 2 is 1.50 bits per heavy atom. The number of carbonyl (C=O) groups is 5. The van der Waals surface area contributed by atoms with E-state index < -0.39 is 60.2 Å². The van der Waals surface area contributed by atoms with Crippen molar-refractivity contribution >= 4 is 41.4 Å². The second kappa shape index (κ2) is 17.1. The van der Waals surface area contributed by atoms with E-state index in [0.717, 1.165) is 0 Å². The van der Waals surface area contributed by atoms with Crippen LogP contribution < -0.4 is 27.4 Å². The number of hydrogen-bond donors (Lipinski definition) is 7. The van der Waals surface area contributed by atoms with Gasteiger partial charge in [-0.15, -0.1) is 0 Å². The lowest BCUT2D eigenvalue weighted by atomic mass is 9.98. The van der Waals surface area contributed by atoms with Crippen molar-refractivity contribution in [1.82, 2.24) is 16.0 Å². The van der Waals surface area contributed by atoms with Gasteiger partial charge in [-0.2, -0.15) is 11.8 Å². The lowest BCUT2D eigenvalue weighted by Crippen LogP contribution is -2.58. The minimum Gasteiger partial charge on any atom is -0.481 e. The van der Waals surface area contributed by atoms with Crippen LogP contribution in [-0.4, -0.2) is 82.6 Å². The van der Waals surface area contributed by atoms with Crippen LogP contribution in [0.15, 0.2) is 0 Å². The van der Waals surface area contributed by atoms with Crippen molar-refractivity contribution in [3.63, 3.8) is 0 Å². The van der Waals surface area contributed by atoms with Crippen molar-refractivity contribution in [2.24, 2.45) is 17.4 Å². The summed E-state index contributed by atoms with van der Waals surface area (Å²) in [5, 5.41) is 25.9. The number of amides is 3. The first kappa shape index (κ1) is 31.6. The van der Waals surface area contributed by atoms with E-state index in [4.69, 9.17) is 11.5 Å². The molecule has 5 unspecified atom stereocenters. The van der Waals surface area contributed by atoms with Crippen LogP contribution in [0.3, 0.4) is 0 Å². The van der Waals surface area contributed by atoms with Crippen molar-refractivity contribution in [3.05, 3.63) is 0 Å². The number of carboxylic acids is 2. The van der Waals surface area contributed by atoms with Crippen LogP contribution in [0.25, 0.3) is 0 Å². The van der Waals surface area contributed by atoms with Gasteiger partial charge in [0.05, 0.1) is 12.5 Å². The third-order valence-electron chi connectivity index (χ3n) is 5.34. The molecule has 0 aliphatic carbocycles. The van der Waals surface area contributed by atoms with Crippen LogP contribution in [0.2, 0.25) is 0 Å². The first-order chi connectivity index (χ1) is 16.0. The molecule has 12 nitrogen and oxygen atoms in total. The molecule has 0 aromatic heterocycles. The normalized spacial score (nSPS) is 15.3. The zero-order chi connectivity index (χ0) is 26.3. The highest BCUT2D eigenvalue weighted by Gasteiger charge is 2.32. The van der Waals surface area contributed by atoms with Crippen molar-refractivity contribution < 1.29 is 34.2 Å². The zero-order valence-electron chi connectivity index (χ0n) is 20.0. The molecule has 0 spiro atoms. The summed E-state index contributed by atoms with van der Waals surface area (Å²) in [6.07, 6.45) is 3.16. The molecular formula is C21H39N5O7S. The number of rotatable bonds is 18. The molecular weight excluding hydrogens is 466 g/mol. The Labute approximate surface area is 204 Å². The minimum absolute atomic E-state index is 0.155. The molecule has 34 heavy (non-hydrogen) atoms. The van der Waals surface area contributed by atoms with E-state index in [1.165, 1.54) is 11.8 Å². The maximum Gasteiger partial charge on any atom is 0.326 e. The van der Waals surface area contributed by atoms with Gasteiger partial charge >= 0.3 is 11.9 Å². The number of thioether (sulfide) groups is 1. The van der Waals surface area contributed by atoms with E-state index in [1.54, 1.807) is 13.8 Å². The minimum atomic E-state index is -1.46. The van der Waals surface area contributed by atoms with Gasteiger partial charge in [-0.25, -0.2) is 4.79 Å². The maximum atomic E-state index is 12.9. The molecule has 3 amide bonds. The van der Waals surface area contributed by atoms with Gasteiger partial charge in [0.1, 0.15) is 18.1 Å². The fourth-order valence-electron chi connectivity index (χ4n) is 3.01. The standard InChI is InChI=1S/C21H39N5O7S/c1-4-12(2)17(21(32)33)26-19(30)14(7-5-6-9-22)24-20(31)15(11-16(27)28)25-18(29)13(23)8-10-34-3/h12-15,17H,4-11,22-23H2,1-3H3,(H,24,31)(H,25,29)(H,26,30)(H,27,28)(H,32,33). The Bertz CT molecular complexity index is 694. The van der Waals surface area contributed by atoms with E-state index in [-0.39, 0.29) is 12.3 Å². The number of aliphatic carboxylic acids is 2. The average molecular weight is 506 g/mol. The number of nitrogens with two attached hydrogens (primary N) is 2. The third-order valence-corrected chi connectivity index (χ3v) is 5.98. The van der Waals surface area contributed by atoms with Gasteiger partial charge in [-0.3, -0.25) is 19.2 Å². The summed E-state index contributed by atoms with van der Waals surface area (Å²) in [5.74, 6) is -4.55. The first-order valence-electron chi connectivity index (χ1n) is 11.3. The monoisotopic (exact) mass is 505 g/mol. The van der Waals surface area contributed by atoms with Crippen molar-refractivity contribution in [1.29, 1.82) is 0 Å². The van der Waals surface area contributed by atoms with Crippen LogP contribution in [-0.2, 0) is 24.0 Å². The predicted octanol–water partition coefficient (Wildman–Crippen LogP) is -0.744. The zero-order valence-corrected chi connectivity index (χ0v) is 20.9. The van der Waals surface area contributed by atoms with E-state index >= 15 is 0 Å². The average Bonchev–Trinajstić information content (AvgIpc) is 2.78. The lowest BCUT2D eigenvalue weighted by Gasteiger charge is -2.26. The van der Waals surface area contributed by atoms with Crippen LogP contribution >= 0.6 is 11.8 Å². The summed E-state index contributed by atoms with van der Waals surface area (Å²) < 4.78 is 0. The fourth-order valence-corrected chi connectivity index (χ4v) is 3.50. The van der Waals surface area contributed by atoms with Crippen molar-refractivity contribution in [2.45, 2.75) is 76.5 Å². The van der Waals surface area contributed by atoms with Crippen LogP contribution in [0.4, 0.5) is 0 Å². The molecule has 5 atom stereocenters. The van der Waals surface area contributed by atoms with Crippen molar-refractivity contribution in [3.8, 4) is 0 Å². The molecule has 196 valence electrons. The predicted molar refractivity (Wildman–Crippen MR) is 129 cm³/mol. The summed E-state index contributed by atoms with van der Waals surface area (Å²) in [4.78, 5) is 60.9. The van der Waals surface area contributed by atoms with Gasteiger partial charge in [-0.05, 0) is 50.2 Å². The summed E-state index contributed by atoms with van der Waals surface area (Å²) in [5.41, 5.74) is 11.3. The van der Waals surface area contributed by atoms with E-state index in [0.29, 0.717) is 38.0 Å². The second-order valence-electron chi connectivity index (χ2n) is 8.10. The van der Waals surface area contributed by atoms with Crippen molar-refractivity contribution in [2.75, 3.05) is 18.6 Å². The highest BCUT2D eigenvalue weighted by Crippen LogP contribution is 2.10. The molecule has 9 N–H and O–H groups in total. The van der Waals surface area contributed by atoms with Gasteiger partial charge < -0.3 is 37.6 Å². The first-order valence-corrected chi connectivity index (χ1v) is 12.7. The Hall–Kier alpha value is -2.38. The number of nitrogens with one attached hydrogen (secondary N) is 3. The molecule has 0 heterocycles. The molecule has 0 rings (SSSR count). The maximum absolute atomic E-state index is 12.9. The van der Waals surface area contributed by atoms with E-state index in [1.807, 2.05) is 6.26 Å². The van der Waals surface area contributed by atoms with Crippen LogP contribution in [0.1, 0.15) is 52.4 Å². The number of hydrogen-bond acceptors (Lipinski definition) is 8. The molecule has 0 aliphatic heterocycles. The molecule has 0 aromatic rings. The van der Waals surface area contributed by atoms with Gasteiger partial charge in [0.15, 0.2) is 0 Å². The largest absolute Gasteiger partial charge is 0.481 e. The summed E-state index contributed by atoms with van der Waals surface area (Å²) in [7, 11) is 0. The lowest BCUT2D eigenvalue weighted by molar-refractivity contribution is -0.144. The molecule has 13 heteroatoms. The van der Waals surface area contributed by atoms with E-state index in [9.17, 15) is 34.2 Å². The van der Waals surface area contributed by atoms with Gasteiger partial charge in [-0.1, -0.05) is 20.3 Å². The Morgan fingerprint density at radius 3 is 2.00 bits per heavy atom. The molecule has 0 saturated carbocycles. The van der Waals surface area contributed by atoms with Gasteiger partial charge in [0.2, 0.25) is 17.7 Å². The van der Waals surface area contributed by atoms with Gasteiger partial charge in [0, 0.05) is 0 Å². The number of unbranched alkanes of at least 4 members (excludes halogenated alkanes) is 1. The topological polar surface area (TPSA) is 214 Å². The molecule has 0 fully saturated rings. The number of carbonyl (C=O) groups excluding carboxylic acids is 3.